The van der Waals surface area contributed by atoms with Crippen LogP contribution in [0.3, 0.4) is 0 Å². The van der Waals surface area contributed by atoms with Gasteiger partial charge in [0.1, 0.15) is 11.7 Å². The van der Waals surface area contributed by atoms with Gasteiger partial charge in [0, 0.05) is 69.2 Å². The number of likely N-dealkylation sites (tertiary alicyclic amines) is 1. The van der Waals surface area contributed by atoms with E-state index < -0.39 is 29.4 Å². The summed E-state index contributed by atoms with van der Waals surface area (Å²) in [7, 11) is 0. The van der Waals surface area contributed by atoms with E-state index in [1.165, 1.54) is 4.90 Å². The number of benzene rings is 2. The molecule has 7 rings (SSSR count). The molecule has 3 saturated heterocycles. The summed E-state index contributed by atoms with van der Waals surface area (Å²) in [5.41, 5.74) is 2.37. The predicted octanol–water partition coefficient (Wildman–Crippen LogP) is 3.82. The van der Waals surface area contributed by atoms with Crippen molar-refractivity contribution in [2.75, 3.05) is 36.4 Å². The van der Waals surface area contributed by atoms with Crippen molar-refractivity contribution in [1.29, 1.82) is 0 Å². The second-order valence-electron chi connectivity index (χ2n) is 13.4. The number of piperidine rings is 3. The third kappa shape index (κ3) is 6.97. The lowest BCUT2D eigenvalue weighted by atomic mass is 9.83. The maximum Gasteiger partial charge on any atom is 0.433 e. The van der Waals surface area contributed by atoms with Crippen molar-refractivity contribution in [3.63, 3.8) is 0 Å². The van der Waals surface area contributed by atoms with Crippen LogP contribution in [0.5, 0.6) is 0 Å². The van der Waals surface area contributed by atoms with E-state index in [0.29, 0.717) is 37.9 Å². The van der Waals surface area contributed by atoms with Crippen LogP contribution in [0.1, 0.15) is 71.3 Å². The van der Waals surface area contributed by atoms with Crippen molar-refractivity contribution in [3.8, 4) is 0 Å². The van der Waals surface area contributed by atoms with E-state index in [1.54, 1.807) is 6.07 Å². The Bertz CT molecular complexity index is 1740. The fraction of sp³-hybridized carbons (Fsp3) is 0.457. The van der Waals surface area contributed by atoms with Crippen LogP contribution in [0.2, 0.25) is 0 Å². The van der Waals surface area contributed by atoms with Gasteiger partial charge in [-0.2, -0.15) is 13.2 Å². The molecule has 49 heavy (non-hydrogen) atoms. The Labute approximate surface area is 281 Å². The first-order valence-electron chi connectivity index (χ1n) is 16.7. The Morgan fingerprint density at radius 1 is 0.959 bits per heavy atom. The van der Waals surface area contributed by atoms with E-state index in [1.807, 2.05) is 12.1 Å². The zero-order valence-corrected chi connectivity index (χ0v) is 26.9. The third-order valence-corrected chi connectivity index (χ3v) is 10.2. The highest BCUT2D eigenvalue weighted by Crippen LogP contribution is 2.37. The summed E-state index contributed by atoms with van der Waals surface area (Å²) < 4.78 is 39.0. The maximum atomic E-state index is 13.1. The molecule has 1 unspecified atom stereocenters. The number of fused-ring (bicyclic) bond motifs is 1. The molecule has 1 aromatic heterocycles. The Balaban J connectivity index is 0.893. The lowest BCUT2D eigenvalue weighted by Gasteiger charge is -2.39. The number of amides is 3. The number of halogens is 3. The lowest BCUT2D eigenvalue weighted by molar-refractivity contribution is -0.141. The number of rotatable bonds is 7. The average molecular weight is 678 g/mol. The van der Waals surface area contributed by atoms with Gasteiger partial charge in [0.2, 0.25) is 17.8 Å². The molecule has 4 aliphatic rings. The maximum absolute atomic E-state index is 13.1. The van der Waals surface area contributed by atoms with Crippen molar-refractivity contribution in [2.24, 2.45) is 0 Å². The number of anilines is 2. The van der Waals surface area contributed by atoms with Crippen molar-refractivity contribution in [1.82, 2.24) is 25.1 Å². The summed E-state index contributed by atoms with van der Waals surface area (Å²) in [5.74, 6) is -0.995. The number of carbonyl (C=O) groups is 3. The molecule has 4 aliphatic heterocycles. The van der Waals surface area contributed by atoms with Crippen molar-refractivity contribution in [2.45, 2.75) is 75.5 Å². The molecule has 258 valence electrons. The number of aromatic nitrogens is 2. The van der Waals surface area contributed by atoms with E-state index in [0.717, 1.165) is 67.1 Å². The molecule has 14 heteroatoms. The largest absolute Gasteiger partial charge is 0.433 e. The highest BCUT2D eigenvalue weighted by Gasteiger charge is 2.41. The van der Waals surface area contributed by atoms with Gasteiger partial charge < -0.3 is 20.2 Å². The number of hydrogen-bond acceptors (Lipinski definition) is 9. The summed E-state index contributed by atoms with van der Waals surface area (Å²) in [6.45, 7) is 3.94. The van der Waals surface area contributed by atoms with Gasteiger partial charge in [-0.05, 0) is 73.1 Å². The van der Waals surface area contributed by atoms with Gasteiger partial charge in [-0.15, -0.1) is 0 Å². The van der Waals surface area contributed by atoms with Gasteiger partial charge in [-0.3, -0.25) is 24.6 Å². The van der Waals surface area contributed by atoms with Crippen molar-refractivity contribution < 1.29 is 32.7 Å². The van der Waals surface area contributed by atoms with E-state index in [-0.39, 0.29) is 36.8 Å². The lowest BCUT2D eigenvalue weighted by Crippen LogP contribution is -2.52. The van der Waals surface area contributed by atoms with Crippen molar-refractivity contribution >= 4 is 29.4 Å². The molecule has 0 saturated carbocycles. The van der Waals surface area contributed by atoms with Gasteiger partial charge in [-0.25, -0.2) is 9.97 Å². The summed E-state index contributed by atoms with van der Waals surface area (Å²) in [6.07, 6.45) is -0.294. The first kappa shape index (κ1) is 33.0. The van der Waals surface area contributed by atoms with Crippen LogP contribution < -0.4 is 15.5 Å². The molecule has 0 spiro atoms. The number of nitrogens with one attached hydrogen (secondary N) is 2. The number of aliphatic hydroxyl groups is 1. The van der Waals surface area contributed by atoms with Gasteiger partial charge in [0.05, 0.1) is 5.60 Å². The summed E-state index contributed by atoms with van der Waals surface area (Å²) in [5, 5.41) is 17.0. The standard InChI is InChI=1S/C35H38F3N7O4/c36-35(37,38)29-9-14-39-33(41-29)40-25-10-15-44(16-11-25)26-4-1-22(2-5-26)20-43-17-12-34(49,13-18-43)24-3-6-27-23(19-24)21-45(32(27)48)28-7-8-30(46)42-31(28)47/h1-6,9,14,19,25,28,49H,7-8,10-13,15-18,20-21H2,(H,39,40,41)(H,42,46,47). The zero-order chi connectivity index (χ0) is 34.3. The molecular formula is C35H38F3N7O4. The highest BCUT2D eigenvalue weighted by atomic mass is 19.4. The second kappa shape index (κ2) is 13.0. The molecular weight excluding hydrogens is 639 g/mol. The molecule has 2 aromatic carbocycles. The molecule has 5 heterocycles. The first-order chi connectivity index (χ1) is 23.4. The Kier molecular flexibility index (Phi) is 8.78. The number of hydrogen-bond donors (Lipinski definition) is 3. The fourth-order valence-corrected chi connectivity index (χ4v) is 7.35. The molecule has 0 aliphatic carbocycles. The zero-order valence-electron chi connectivity index (χ0n) is 26.9. The molecule has 0 bridgehead atoms. The smallest absolute Gasteiger partial charge is 0.385 e. The highest BCUT2D eigenvalue weighted by molar-refractivity contribution is 6.05. The van der Waals surface area contributed by atoms with Gasteiger partial charge >= 0.3 is 6.18 Å². The molecule has 3 amide bonds. The molecule has 1 atom stereocenters. The van der Waals surface area contributed by atoms with E-state index in [2.05, 4.69) is 54.7 Å². The summed E-state index contributed by atoms with van der Waals surface area (Å²) in [4.78, 5) is 50.7. The number of carbonyl (C=O) groups excluding carboxylic acids is 3. The van der Waals surface area contributed by atoms with Crippen LogP contribution in [0.15, 0.2) is 54.7 Å². The minimum Gasteiger partial charge on any atom is -0.385 e. The van der Waals surface area contributed by atoms with Crippen LogP contribution in [0.4, 0.5) is 24.8 Å². The Morgan fingerprint density at radius 2 is 1.69 bits per heavy atom. The first-order valence-corrected chi connectivity index (χ1v) is 16.7. The molecule has 3 aromatic rings. The SMILES string of the molecule is O=C1CCC(N2Cc3cc(C4(O)CCN(Cc5ccc(N6CCC(Nc7nccc(C(F)(F)F)n7)CC6)cc5)CC4)ccc3C2=O)C(=O)N1. The number of alkyl halides is 3. The van der Waals surface area contributed by atoms with Crippen LogP contribution >= 0.6 is 0 Å². The Morgan fingerprint density at radius 3 is 2.39 bits per heavy atom. The number of imide groups is 1. The molecule has 3 N–H and O–H groups in total. The van der Waals surface area contributed by atoms with Gasteiger partial charge in [0.25, 0.3) is 5.91 Å². The quantitative estimate of drug-likeness (QED) is 0.320. The van der Waals surface area contributed by atoms with E-state index in [4.69, 9.17) is 0 Å². The minimum atomic E-state index is -4.51. The molecule has 0 radical (unpaired) electrons. The van der Waals surface area contributed by atoms with E-state index >= 15 is 0 Å². The van der Waals surface area contributed by atoms with Crippen LogP contribution in [-0.2, 0) is 34.5 Å². The monoisotopic (exact) mass is 677 g/mol. The molecule has 11 nitrogen and oxygen atoms in total. The minimum absolute atomic E-state index is 0.00378. The molecule has 3 fully saturated rings. The van der Waals surface area contributed by atoms with Crippen LogP contribution in [-0.4, -0.2) is 80.9 Å². The van der Waals surface area contributed by atoms with Crippen LogP contribution in [0.25, 0.3) is 0 Å². The summed E-state index contributed by atoms with van der Waals surface area (Å²) in [6, 6.07) is 14.1. The normalized spacial score (nSPS) is 21.9. The Hall–Kier alpha value is -4.56. The number of nitrogens with zero attached hydrogens (tertiary/aromatic N) is 5. The topological polar surface area (TPSA) is 131 Å². The van der Waals surface area contributed by atoms with Gasteiger partial charge in [0.15, 0.2) is 0 Å². The average Bonchev–Trinajstić information content (AvgIpc) is 3.41. The van der Waals surface area contributed by atoms with Crippen LogP contribution in [0, 0.1) is 0 Å². The second-order valence-corrected chi connectivity index (χ2v) is 13.4. The summed E-state index contributed by atoms with van der Waals surface area (Å²) >= 11 is 0. The third-order valence-electron chi connectivity index (χ3n) is 10.2. The van der Waals surface area contributed by atoms with E-state index in [9.17, 15) is 32.7 Å². The fourth-order valence-electron chi connectivity index (χ4n) is 7.35. The van der Waals surface area contributed by atoms with Crippen molar-refractivity contribution in [3.05, 3.63) is 82.7 Å². The van der Waals surface area contributed by atoms with Gasteiger partial charge in [-0.1, -0.05) is 24.3 Å². The predicted molar refractivity (Wildman–Crippen MR) is 173 cm³/mol.